The lowest BCUT2D eigenvalue weighted by Gasteiger charge is -2.26. The summed E-state index contributed by atoms with van der Waals surface area (Å²) < 4.78 is 5.44. The van der Waals surface area contributed by atoms with Crippen molar-refractivity contribution in [3.05, 3.63) is 33.6 Å². The van der Waals surface area contributed by atoms with Crippen LogP contribution in [0.1, 0.15) is 74.9 Å². The van der Waals surface area contributed by atoms with Crippen molar-refractivity contribution in [2.75, 3.05) is 0 Å². The first-order valence-corrected chi connectivity index (χ1v) is 9.15. The van der Waals surface area contributed by atoms with Gasteiger partial charge in [-0.25, -0.2) is 0 Å². The first kappa shape index (κ1) is 16.1. The van der Waals surface area contributed by atoms with Gasteiger partial charge in [0.15, 0.2) is 0 Å². The van der Waals surface area contributed by atoms with Crippen molar-refractivity contribution in [2.45, 2.75) is 69.6 Å². The number of hydrogen-bond donors (Lipinski definition) is 1. The van der Waals surface area contributed by atoms with E-state index in [1.54, 1.807) is 0 Å². The largest absolute Gasteiger partial charge is 0.337 e. The van der Waals surface area contributed by atoms with Crippen molar-refractivity contribution in [2.24, 2.45) is 0 Å². The highest BCUT2D eigenvalue weighted by molar-refractivity contribution is 5.55. The van der Waals surface area contributed by atoms with Crippen LogP contribution in [0, 0.1) is 11.3 Å². The second kappa shape index (κ2) is 6.14. The van der Waals surface area contributed by atoms with Crippen LogP contribution in [0.15, 0.2) is 15.4 Å². The van der Waals surface area contributed by atoms with Crippen molar-refractivity contribution in [3.8, 4) is 17.5 Å². The summed E-state index contributed by atoms with van der Waals surface area (Å²) in [5.41, 5.74) is 1.75. The number of aromatic nitrogens is 3. The Hall–Kier alpha value is -2.42. The van der Waals surface area contributed by atoms with E-state index >= 15 is 0 Å². The zero-order valence-corrected chi connectivity index (χ0v) is 14.5. The number of H-pyrrole nitrogens is 1. The average Bonchev–Trinajstić information content (AvgIpc) is 3.13. The summed E-state index contributed by atoms with van der Waals surface area (Å²) in [4.78, 5) is 20.0. The molecule has 0 spiro atoms. The molecule has 0 amide bonds. The van der Waals surface area contributed by atoms with Crippen molar-refractivity contribution in [1.29, 1.82) is 5.26 Å². The fraction of sp³-hybridized carbons (Fsp3) is 0.579. The predicted octanol–water partition coefficient (Wildman–Crippen LogP) is 3.59. The van der Waals surface area contributed by atoms with E-state index in [1.165, 1.54) is 0 Å². The molecule has 2 aliphatic rings. The number of aromatic amines is 1. The Morgan fingerprint density at radius 3 is 2.88 bits per heavy atom. The third-order valence-electron chi connectivity index (χ3n) is 5.73. The zero-order chi connectivity index (χ0) is 17.4. The monoisotopic (exact) mass is 338 g/mol. The molecule has 0 saturated heterocycles. The number of fused-ring (bicyclic) bond motifs is 1. The first-order valence-electron chi connectivity index (χ1n) is 9.15. The van der Waals surface area contributed by atoms with Gasteiger partial charge in [-0.15, -0.1) is 0 Å². The summed E-state index contributed by atoms with van der Waals surface area (Å²) in [5.74, 6) is 1.02. The van der Waals surface area contributed by atoms with E-state index < -0.39 is 5.41 Å². The fourth-order valence-electron chi connectivity index (χ4n) is 4.20. The van der Waals surface area contributed by atoms with Crippen LogP contribution in [-0.2, 0) is 11.8 Å². The Morgan fingerprint density at radius 2 is 2.12 bits per heavy atom. The number of rotatable bonds is 2. The molecule has 6 heteroatoms. The molecule has 2 heterocycles. The predicted molar refractivity (Wildman–Crippen MR) is 92.1 cm³/mol. The van der Waals surface area contributed by atoms with Crippen LogP contribution in [-0.4, -0.2) is 15.1 Å². The third-order valence-corrected chi connectivity index (χ3v) is 5.73. The van der Waals surface area contributed by atoms with Gasteiger partial charge in [0.25, 0.3) is 5.56 Å². The maximum atomic E-state index is 12.5. The molecule has 1 unspecified atom stereocenters. The van der Waals surface area contributed by atoms with Crippen molar-refractivity contribution >= 4 is 0 Å². The van der Waals surface area contributed by atoms with E-state index in [4.69, 9.17) is 4.52 Å². The van der Waals surface area contributed by atoms with Crippen LogP contribution in [0.4, 0.5) is 0 Å². The van der Waals surface area contributed by atoms with Gasteiger partial charge in [0.05, 0.1) is 11.6 Å². The molecule has 0 bridgehead atoms. The molecule has 0 aliphatic heterocycles. The first-order chi connectivity index (χ1) is 12.1. The molecule has 1 N–H and O–H groups in total. The van der Waals surface area contributed by atoms with Crippen LogP contribution in [0.3, 0.4) is 0 Å². The lowest BCUT2D eigenvalue weighted by Crippen LogP contribution is -2.27. The van der Waals surface area contributed by atoms with E-state index in [-0.39, 0.29) is 11.4 Å². The standard InChI is InChI=1S/C19H22N4O2/c1-12-6-5-7-13-10-14(17(24)21-15(12)13)16-22-18(25-23-16)19(11-20)8-3-2-4-9-19/h10,12H,2-9H2,1H3,(H,21,24). The molecule has 1 saturated carbocycles. The quantitative estimate of drug-likeness (QED) is 0.902. The molecule has 4 rings (SSSR count). The molecule has 25 heavy (non-hydrogen) atoms. The summed E-state index contributed by atoms with van der Waals surface area (Å²) in [6, 6.07) is 4.29. The van der Waals surface area contributed by atoms with Crippen LogP contribution >= 0.6 is 0 Å². The fourth-order valence-corrected chi connectivity index (χ4v) is 4.20. The molecule has 0 radical (unpaired) electrons. The molecular formula is C19H22N4O2. The summed E-state index contributed by atoms with van der Waals surface area (Å²) in [5, 5.41) is 13.7. The smallest absolute Gasteiger partial charge is 0.259 e. The van der Waals surface area contributed by atoms with Crippen LogP contribution in [0.25, 0.3) is 11.4 Å². The van der Waals surface area contributed by atoms with E-state index in [0.717, 1.165) is 62.6 Å². The van der Waals surface area contributed by atoms with Gasteiger partial charge < -0.3 is 9.51 Å². The molecule has 2 aromatic heterocycles. The van der Waals surface area contributed by atoms with Crippen LogP contribution in [0.5, 0.6) is 0 Å². The van der Waals surface area contributed by atoms with Gasteiger partial charge in [-0.2, -0.15) is 10.2 Å². The Kier molecular flexibility index (Phi) is 3.95. The number of aryl methyl sites for hydroxylation is 1. The second-order valence-corrected chi connectivity index (χ2v) is 7.42. The minimum Gasteiger partial charge on any atom is -0.337 e. The maximum Gasteiger partial charge on any atom is 0.259 e. The van der Waals surface area contributed by atoms with E-state index in [1.807, 2.05) is 6.07 Å². The second-order valence-electron chi connectivity index (χ2n) is 7.42. The number of pyridine rings is 1. The molecule has 6 nitrogen and oxygen atoms in total. The van der Waals surface area contributed by atoms with Gasteiger partial charge in [0, 0.05) is 5.69 Å². The number of nitrogens with zero attached hydrogens (tertiary/aromatic N) is 3. The van der Waals surface area contributed by atoms with Crippen molar-refractivity contribution < 1.29 is 4.52 Å². The minimum atomic E-state index is -0.695. The molecule has 130 valence electrons. The summed E-state index contributed by atoms with van der Waals surface area (Å²) >= 11 is 0. The Morgan fingerprint density at radius 1 is 1.32 bits per heavy atom. The van der Waals surface area contributed by atoms with Gasteiger partial charge in [0.2, 0.25) is 11.7 Å². The molecule has 1 fully saturated rings. The third kappa shape index (κ3) is 2.68. The Bertz CT molecular complexity index is 884. The lowest BCUT2D eigenvalue weighted by atomic mass is 9.75. The number of hydrogen-bond acceptors (Lipinski definition) is 5. The topological polar surface area (TPSA) is 95.6 Å². The zero-order valence-electron chi connectivity index (χ0n) is 14.5. The van der Waals surface area contributed by atoms with Crippen LogP contribution in [0.2, 0.25) is 0 Å². The highest BCUT2D eigenvalue weighted by atomic mass is 16.5. The molecule has 2 aromatic rings. The minimum absolute atomic E-state index is 0.186. The van der Waals surface area contributed by atoms with E-state index in [9.17, 15) is 10.1 Å². The SMILES string of the molecule is CC1CCCc2cc(-c3noc(C4(C#N)CCCCC4)n3)c(=O)[nH]c21. The Labute approximate surface area is 146 Å². The maximum absolute atomic E-state index is 12.5. The highest BCUT2D eigenvalue weighted by Crippen LogP contribution is 2.38. The van der Waals surface area contributed by atoms with Gasteiger partial charge in [0.1, 0.15) is 5.41 Å². The highest BCUT2D eigenvalue weighted by Gasteiger charge is 2.40. The number of nitrogens with one attached hydrogen (secondary N) is 1. The van der Waals surface area contributed by atoms with Gasteiger partial charge in [-0.3, -0.25) is 4.79 Å². The normalized spacial score (nSPS) is 22.2. The molecule has 2 aliphatic carbocycles. The van der Waals surface area contributed by atoms with Gasteiger partial charge in [-0.05, 0) is 49.7 Å². The van der Waals surface area contributed by atoms with Crippen molar-refractivity contribution in [3.63, 3.8) is 0 Å². The van der Waals surface area contributed by atoms with E-state index in [0.29, 0.717) is 17.4 Å². The Balaban J connectivity index is 1.73. The average molecular weight is 338 g/mol. The molecular weight excluding hydrogens is 316 g/mol. The summed E-state index contributed by atoms with van der Waals surface area (Å²) in [6.45, 7) is 2.14. The van der Waals surface area contributed by atoms with Crippen LogP contribution < -0.4 is 5.56 Å². The number of nitriles is 1. The van der Waals surface area contributed by atoms with Gasteiger partial charge in [-0.1, -0.05) is 31.3 Å². The lowest BCUT2D eigenvalue weighted by molar-refractivity contribution is 0.264. The molecule has 0 aromatic carbocycles. The van der Waals surface area contributed by atoms with E-state index in [2.05, 4.69) is 28.1 Å². The molecule has 1 atom stereocenters. The summed E-state index contributed by atoms with van der Waals surface area (Å²) in [7, 11) is 0. The summed E-state index contributed by atoms with van der Waals surface area (Å²) in [6.07, 6.45) is 7.76. The van der Waals surface area contributed by atoms with Crippen molar-refractivity contribution in [1.82, 2.24) is 15.1 Å². The van der Waals surface area contributed by atoms with Gasteiger partial charge >= 0.3 is 0 Å².